The Kier molecular flexibility index (Phi) is 6.23. The summed E-state index contributed by atoms with van der Waals surface area (Å²) in [6.07, 6.45) is 2.45. The molecule has 0 aliphatic carbocycles. The Morgan fingerprint density at radius 2 is 1.68 bits per heavy atom. The number of aromatic nitrogens is 3. The van der Waals surface area contributed by atoms with Gasteiger partial charge in [-0.25, -0.2) is 9.97 Å². The number of fused-ring (bicyclic) bond motifs is 4. The fourth-order valence-corrected chi connectivity index (χ4v) is 6.98. The molecule has 0 saturated carbocycles. The predicted molar refractivity (Wildman–Crippen MR) is 155 cm³/mol. The monoisotopic (exact) mass is 551 g/mol. The number of thiazole rings is 1. The van der Waals surface area contributed by atoms with Gasteiger partial charge >= 0.3 is 0 Å². The molecule has 202 valence electrons. The molecule has 9 heteroatoms. The molecule has 0 unspecified atom stereocenters. The topological polar surface area (TPSA) is 91.4 Å². The van der Waals surface area contributed by atoms with Crippen molar-refractivity contribution in [2.45, 2.75) is 31.7 Å². The molecule has 5 aromatic rings. The fourth-order valence-electron chi connectivity index (χ4n) is 6.02. The van der Waals surface area contributed by atoms with E-state index < -0.39 is 0 Å². The molecule has 1 saturated heterocycles. The highest BCUT2D eigenvalue weighted by atomic mass is 32.1. The van der Waals surface area contributed by atoms with Crippen LogP contribution in [0.25, 0.3) is 21.8 Å². The van der Waals surface area contributed by atoms with E-state index in [1.807, 2.05) is 45.5 Å². The number of para-hydroxylation sites is 2. The minimum atomic E-state index is -0.0843. The summed E-state index contributed by atoms with van der Waals surface area (Å²) < 4.78 is 5.53. The second-order valence-corrected chi connectivity index (χ2v) is 11.4. The summed E-state index contributed by atoms with van der Waals surface area (Å²) in [6.45, 7) is 2.51. The molecule has 0 bridgehead atoms. The van der Waals surface area contributed by atoms with Gasteiger partial charge in [0.15, 0.2) is 0 Å². The van der Waals surface area contributed by atoms with E-state index in [4.69, 9.17) is 9.72 Å². The van der Waals surface area contributed by atoms with E-state index in [0.717, 1.165) is 46.4 Å². The van der Waals surface area contributed by atoms with Gasteiger partial charge in [-0.05, 0) is 43.0 Å². The molecule has 7 rings (SSSR count). The summed E-state index contributed by atoms with van der Waals surface area (Å²) in [5.74, 6) is 0.782. The Morgan fingerprint density at radius 3 is 2.50 bits per heavy atom. The lowest BCUT2D eigenvalue weighted by Gasteiger charge is -2.31. The van der Waals surface area contributed by atoms with Gasteiger partial charge in [-0.15, -0.1) is 11.3 Å². The minimum absolute atomic E-state index is 0.0178. The first-order chi connectivity index (χ1) is 19.6. The summed E-state index contributed by atoms with van der Waals surface area (Å²) in [5, 5.41) is 5.01. The number of likely N-dealkylation sites (tertiary alicyclic amines) is 1. The highest BCUT2D eigenvalue weighted by Gasteiger charge is 2.30. The molecular weight excluding hydrogens is 522 g/mol. The van der Waals surface area contributed by atoms with E-state index in [1.165, 1.54) is 10.9 Å². The standard InChI is InChI=1S/C31H29N5O3S/c1-39-28-16-25(32-24-9-5-3-7-22(24)28)30(37)35-13-10-19(11-14-35)29-34-27(18-40-29)31(38)36-15-12-21-20-6-2-4-8-23(20)33-26(21)17-36/h2-9,16,18-19,33H,10-15,17H2,1H3. The van der Waals surface area contributed by atoms with Gasteiger partial charge in [0.1, 0.15) is 17.1 Å². The number of nitrogens with one attached hydrogen (secondary N) is 1. The molecule has 2 amide bonds. The molecular formula is C31H29N5O3S. The molecule has 5 heterocycles. The van der Waals surface area contributed by atoms with E-state index in [-0.39, 0.29) is 17.7 Å². The number of aromatic amines is 1. The molecule has 2 aliphatic rings. The van der Waals surface area contributed by atoms with Crippen LogP contribution in [0, 0.1) is 0 Å². The lowest BCUT2D eigenvalue weighted by Crippen LogP contribution is -2.38. The van der Waals surface area contributed by atoms with Crippen LogP contribution in [-0.2, 0) is 13.0 Å². The number of H-pyrrole nitrogens is 1. The number of ether oxygens (including phenoxy) is 1. The summed E-state index contributed by atoms with van der Waals surface area (Å²) in [5.41, 5.74) is 5.22. The molecule has 1 fully saturated rings. The second kappa shape index (κ2) is 10.1. The second-order valence-electron chi connectivity index (χ2n) is 10.5. The molecule has 8 nitrogen and oxygen atoms in total. The van der Waals surface area contributed by atoms with Crippen molar-refractivity contribution in [1.29, 1.82) is 0 Å². The number of amides is 2. The molecule has 0 spiro atoms. The van der Waals surface area contributed by atoms with E-state index in [2.05, 4.69) is 28.2 Å². The maximum Gasteiger partial charge on any atom is 0.273 e. The average Bonchev–Trinajstić information content (AvgIpc) is 3.65. The molecule has 0 atom stereocenters. The quantitative estimate of drug-likeness (QED) is 0.323. The Balaban J connectivity index is 1.01. The van der Waals surface area contributed by atoms with Crippen LogP contribution in [0.4, 0.5) is 0 Å². The summed E-state index contributed by atoms with van der Waals surface area (Å²) >= 11 is 1.55. The van der Waals surface area contributed by atoms with Gasteiger partial charge in [0.2, 0.25) is 0 Å². The number of nitrogens with zero attached hydrogens (tertiary/aromatic N) is 4. The van der Waals surface area contributed by atoms with Crippen molar-refractivity contribution in [1.82, 2.24) is 24.8 Å². The van der Waals surface area contributed by atoms with Gasteiger partial charge in [0.05, 0.1) is 24.2 Å². The first-order valence-electron chi connectivity index (χ1n) is 13.7. The van der Waals surface area contributed by atoms with Crippen molar-refractivity contribution in [3.05, 3.63) is 87.6 Å². The van der Waals surface area contributed by atoms with Crippen molar-refractivity contribution in [2.75, 3.05) is 26.7 Å². The summed E-state index contributed by atoms with van der Waals surface area (Å²) in [7, 11) is 1.61. The van der Waals surface area contributed by atoms with Crippen molar-refractivity contribution in [3.8, 4) is 5.75 Å². The first kappa shape index (κ1) is 24.8. The van der Waals surface area contributed by atoms with Crippen molar-refractivity contribution in [3.63, 3.8) is 0 Å². The smallest absolute Gasteiger partial charge is 0.273 e. The summed E-state index contributed by atoms with van der Waals surface area (Å²) in [6, 6.07) is 17.7. The lowest BCUT2D eigenvalue weighted by molar-refractivity contribution is 0.0706. The molecule has 1 N–H and O–H groups in total. The Morgan fingerprint density at radius 1 is 0.925 bits per heavy atom. The van der Waals surface area contributed by atoms with Crippen LogP contribution < -0.4 is 4.74 Å². The van der Waals surface area contributed by atoms with Crippen molar-refractivity contribution < 1.29 is 14.3 Å². The van der Waals surface area contributed by atoms with E-state index in [9.17, 15) is 9.59 Å². The van der Waals surface area contributed by atoms with Gasteiger partial charge in [0.25, 0.3) is 11.8 Å². The number of carbonyl (C=O) groups is 2. The third-order valence-electron chi connectivity index (χ3n) is 8.16. The minimum Gasteiger partial charge on any atom is -0.496 e. The molecule has 2 aromatic carbocycles. The highest BCUT2D eigenvalue weighted by Crippen LogP contribution is 2.33. The van der Waals surface area contributed by atoms with Crippen LogP contribution in [-0.4, -0.2) is 63.3 Å². The molecule has 2 aliphatic heterocycles. The number of benzene rings is 2. The number of piperidine rings is 1. The SMILES string of the molecule is COc1cc(C(=O)N2CCC(c3nc(C(=O)N4CCc5c([nH]c6ccccc56)C4)cs3)CC2)nc2ccccc12. The van der Waals surface area contributed by atoms with Gasteiger partial charge in [0, 0.05) is 59.0 Å². The zero-order valence-corrected chi connectivity index (χ0v) is 23.0. The third kappa shape index (κ3) is 4.30. The Bertz CT molecular complexity index is 1750. The first-order valence-corrected chi connectivity index (χ1v) is 14.5. The predicted octanol–water partition coefficient (Wildman–Crippen LogP) is 5.40. The van der Waals surface area contributed by atoms with Crippen molar-refractivity contribution in [2.24, 2.45) is 0 Å². The number of hydrogen-bond acceptors (Lipinski definition) is 6. The average molecular weight is 552 g/mol. The van der Waals surface area contributed by atoms with Crippen LogP contribution in [0.15, 0.2) is 60.0 Å². The lowest BCUT2D eigenvalue weighted by atomic mass is 9.97. The Hall–Kier alpha value is -4.24. The van der Waals surface area contributed by atoms with Crippen LogP contribution in [0.1, 0.15) is 56.0 Å². The number of hydrogen-bond donors (Lipinski definition) is 1. The summed E-state index contributed by atoms with van der Waals surface area (Å²) in [4.78, 5) is 43.3. The van der Waals surface area contributed by atoms with Crippen molar-refractivity contribution >= 4 is 45.0 Å². The zero-order chi connectivity index (χ0) is 27.2. The van der Waals surface area contributed by atoms with Crippen LogP contribution in [0.5, 0.6) is 5.75 Å². The normalized spacial score (nSPS) is 15.9. The van der Waals surface area contributed by atoms with E-state index >= 15 is 0 Å². The number of pyridine rings is 1. The fraction of sp³-hybridized carbons (Fsp3) is 0.290. The Labute approximate surface area is 235 Å². The maximum absolute atomic E-state index is 13.4. The van der Waals surface area contributed by atoms with Gasteiger partial charge < -0.3 is 19.5 Å². The number of methoxy groups -OCH3 is 1. The van der Waals surface area contributed by atoms with Gasteiger partial charge in [-0.1, -0.05) is 30.3 Å². The number of carbonyl (C=O) groups excluding carboxylic acids is 2. The third-order valence-corrected chi connectivity index (χ3v) is 9.17. The molecule has 0 radical (unpaired) electrons. The number of rotatable bonds is 4. The van der Waals surface area contributed by atoms with E-state index in [0.29, 0.717) is 43.3 Å². The maximum atomic E-state index is 13.4. The highest BCUT2D eigenvalue weighted by molar-refractivity contribution is 7.09. The van der Waals surface area contributed by atoms with Crippen LogP contribution in [0.3, 0.4) is 0 Å². The zero-order valence-electron chi connectivity index (χ0n) is 22.2. The molecule has 3 aromatic heterocycles. The van der Waals surface area contributed by atoms with Gasteiger partial charge in [-0.3, -0.25) is 9.59 Å². The van der Waals surface area contributed by atoms with E-state index in [1.54, 1.807) is 24.5 Å². The molecule has 40 heavy (non-hydrogen) atoms. The van der Waals surface area contributed by atoms with Crippen LogP contribution >= 0.6 is 11.3 Å². The largest absolute Gasteiger partial charge is 0.496 e. The van der Waals surface area contributed by atoms with Gasteiger partial charge in [-0.2, -0.15) is 0 Å². The van der Waals surface area contributed by atoms with Crippen LogP contribution in [0.2, 0.25) is 0 Å².